The highest BCUT2D eigenvalue weighted by molar-refractivity contribution is 6.07. The molecule has 34 heavy (non-hydrogen) atoms. The van der Waals surface area contributed by atoms with E-state index >= 15 is 0 Å². The first-order valence-corrected chi connectivity index (χ1v) is 11.3. The van der Waals surface area contributed by atoms with Crippen LogP contribution in [0.2, 0.25) is 0 Å². The number of furan rings is 1. The molecular formula is C26H26N4O4. The van der Waals surface area contributed by atoms with Crippen LogP contribution >= 0.6 is 0 Å². The zero-order valence-corrected chi connectivity index (χ0v) is 19.4. The van der Waals surface area contributed by atoms with Crippen molar-refractivity contribution < 1.29 is 18.5 Å². The molecule has 1 aromatic carbocycles. The smallest absolute Gasteiger partial charge is 0.259 e. The van der Waals surface area contributed by atoms with Gasteiger partial charge in [0.2, 0.25) is 5.91 Å². The summed E-state index contributed by atoms with van der Waals surface area (Å²) in [5.41, 5.74) is 2.23. The maximum Gasteiger partial charge on any atom is 0.259 e. The van der Waals surface area contributed by atoms with Gasteiger partial charge in [-0.15, -0.1) is 0 Å². The predicted molar refractivity (Wildman–Crippen MR) is 126 cm³/mol. The van der Waals surface area contributed by atoms with Gasteiger partial charge in [-0.1, -0.05) is 35.5 Å². The Morgan fingerprint density at radius 3 is 2.35 bits per heavy atom. The number of amides is 2. The van der Waals surface area contributed by atoms with Crippen LogP contribution in [0, 0.1) is 6.92 Å². The molecule has 2 amide bonds. The minimum Gasteiger partial charge on any atom is -0.463 e. The fourth-order valence-corrected chi connectivity index (χ4v) is 4.47. The van der Waals surface area contributed by atoms with Gasteiger partial charge in [0.15, 0.2) is 5.76 Å². The molecule has 174 valence electrons. The number of pyridine rings is 1. The first-order valence-electron chi connectivity index (χ1n) is 11.3. The number of nitrogens with zero attached hydrogens (tertiary/aromatic N) is 4. The van der Waals surface area contributed by atoms with E-state index in [-0.39, 0.29) is 11.8 Å². The number of aromatic nitrogens is 2. The second-order valence-electron chi connectivity index (χ2n) is 9.06. The molecule has 4 aromatic rings. The number of rotatable bonds is 4. The summed E-state index contributed by atoms with van der Waals surface area (Å²) >= 11 is 0. The van der Waals surface area contributed by atoms with Crippen LogP contribution in [0.3, 0.4) is 0 Å². The van der Waals surface area contributed by atoms with Gasteiger partial charge >= 0.3 is 0 Å². The average molecular weight is 459 g/mol. The van der Waals surface area contributed by atoms with Gasteiger partial charge in [0, 0.05) is 26.2 Å². The van der Waals surface area contributed by atoms with Gasteiger partial charge in [-0.2, -0.15) is 0 Å². The maximum absolute atomic E-state index is 13.6. The zero-order chi connectivity index (χ0) is 23.9. The quantitative estimate of drug-likeness (QED) is 0.458. The van der Waals surface area contributed by atoms with Crippen LogP contribution in [-0.2, 0) is 10.2 Å². The third-order valence-electron chi connectivity index (χ3n) is 6.51. The lowest BCUT2D eigenvalue weighted by Crippen LogP contribution is -2.54. The Labute approximate surface area is 197 Å². The molecule has 4 heterocycles. The minimum atomic E-state index is -0.637. The molecule has 0 spiro atoms. The number of carbonyl (C=O) groups excluding carboxylic acids is 2. The molecule has 1 aliphatic rings. The standard InChI is InChI=1S/C26H26N4O4/c1-17-22-19(16-20(21-10-7-15-33-21)27-23(22)34-28-17)24(31)29-11-13-30(14-12-29)25(32)26(2,3)18-8-5-4-6-9-18/h4-10,15-16H,11-14H2,1-3H3. The molecule has 0 bridgehead atoms. The molecule has 1 saturated heterocycles. The summed E-state index contributed by atoms with van der Waals surface area (Å²) in [6, 6.07) is 15.1. The summed E-state index contributed by atoms with van der Waals surface area (Å²) in [4.78, 5) is 35.0. The largest absolute Gasteiger partial charge is 0.463 e. The summed E-state index contributed by atoms with van der Waals surface area (Å²) < 4.78 is 10.8. The van der Waals surface area contributed by atoms with Gasteiger partial charge in [0.05, 0.1) is 28.3 Å². The fourth-order valence-electron chi connectivity index (χ4n) is 4.47. The minimum absolute atomic E-state index is 0.0621. The van der Waals surface area contributed by atoms with Crippen LogP contribution < -0.4 is 0 Å². The van der Waals surface area contributed by atoms with E-state index in [9.17, 15) is 9.59 Å². The number of aryl methyl sites for hydroxylation is 1. The molecule has 8 heteroatoms. The number of carbonyl (C=O) groups is 2. The van der Waals surface area contributed by atoms with Gasteiger partial charge in [0.1, 0.15) is 5.69 Å². The Balaban J connectivity index is 1.36. The zero-order valence-electron chi connectivity index (χ0n) is 19.4. The van der Waals surface area contributed by atoms with E-state index in [1.165, 1.54) is 0 Å². The van der Waals surface area contributed by atoms with E-state index in [0.29, 0.717) is 60.0 Å². The van der Waals surface area contributed by atoms with Gasteiger partial charge in [-0.3, -0.25) is 9.59 Å². The Hall–Kier alpha value is -3.94. The first-order chi connectivity index (χ1) is 16.4. The van der Waals surface area contributed by atoms with E-state index in [2.05, 4.69) is 10.1 Å². The van der Waals surface area contributed by atoms with Crippen molar-refractivity contribution in [2.45, 2.75) is 26.2 Å². The van der Waals surface area contributed by atoms with Crippen molar-refractivity contribution in [3.63, 3.8) is 0 Å². The molecule has 5 rings (SSSR count). The summed E-state index contributed by atoms with van der Waals surface area (Å²) in [6.45, 7) is 7.52. The van der Waals surface area contributed by atoms with Crippen LogP contribution in [0.25, 0.3) is 22.6 Å². The molecule has 0 radical (unpaired) electrons. The second kappa shape index (κ2) is 8.44. The fraction of sp³-hybridized carbons (Fsp3) is 0.308. The number of piperazine rings is 1. The van der Waals surface area contributed by atoms with Gasteiger partial charge < -0.3 is 18.7 Å². The molecule has 0 atom stereocenters. The summed E-state index contributed by atoms with van der Waals surface area (Å²) in [7, 11) is 0. The van der Waals surface area contributed by atoms with E-state index < -0.39 is 5.41 Å². The van der Waals surface area contributed by atoms with Crippen molar-refractivity contribution in [1.29, 1.82) is 0 Å². The van der Waals surface area contributed by atoms with Crippen molar-refractivity contribution in [1.82, 2.24) is 19.9 Å². The van der Waals surface area contributed by atoms with Crippen LogP contribution in [-0.4, -0.2) is 57.9 Å². The number of fused-ring (bicyclic) bond motifs is 1. The van der Waals surface area contributed by atoms with E-state index in [1.54, 1.807) is 36.3 Å². The Morgan fingerprint density at radius 1 is 0.971 bits per heavy atom. The van der Waals surface area contributed by atoms with Crippen molar-refractivity contribution >= 4 is 22.9 Å². The first kappa shape index (κ1) is 21.9. The Kier molecular flexibility index (Phi) is 5.43. The number of benzene rings is 1. The highest BCUT2D eigenvalue weighted by atomic mass is 16.5. The molecule has 0 N–H and O–H groups in total. The molecule has 1 aliphatic heterocycles. The van der Waals surface area contributed by atoms with Crippen molar-refractivity contribution in [2.24, 2.45) is 0 Å². The third kappa shape index (κ3) is 3.75. The number of hydrogen-bond donors (Lipinski definition) is 0. The molecule has 1 fully saturated rings. The average Bonchev–Trinajstić information content (AvgIpc) is 3.54. The van der Waals surface area contributed by atoms with Crippen LogP contribution in [0.4, 0.5) is 0 Å². The van der Waals surface area contributed by atoms with Gasteiger partial charge in [-0.05, 0) is 44.5 Å². The highest BCUT2D eigenvalue weighted by Crippen LogP contribution is 2.29. The van der Waals surface area contributed by atoms with E-state index in [0.717, 1.165) is 5.56 Å². The van der Waals surface area contributed by atoms with Crippen LogP contribution in [0.15, 0.2) is 63.7 Å². The Morgan fingerprint density at radius 2 is 1.68 bits per heavy atom. The highest BCUT2D eigenvalue weighted by Gasteiger charge is 2.36. The second-order valence-corrected chi connectivity index (χ2v) is 9.06. The van der Waals surface area contributed by atoms with Gasteiger partial charge in [0.25, 0.3) is 11.6 Å². The molecule has 0 aliphatic carbocycles. The Bertz CT molecular complexity index is 1330. The molecule has 0 saturated carbocycles. The number of hydrogen-bond acceptors (Lipinski definition) is 6. The SMILES string of the molecule is Cc1noc2nc(-c3ccco3)cc(C(=O)N3CCN(C(=O)C(C)(C)c4ccccc4)CC3)c12. The lowest BCUT2D eigenvalue weighted by molar-refractivity contribution is -0.137. The normalized spacial score (nSPS) is 14.6. The van der Waals surface area contributed by atoms with Crippen LogP contribution in [0.5, 0.6) is 0 Å². The lowest BCUT2D eigenvalue weighted by Gasteiger charge is -2.39. The van der Waals surface area contributed by atoms with E-state index in [4.69, 9.17) is 8.94 Å². The molecule has 3 aromatic heterocycles. The third-order valence-corrected chi connectivity index (χ3v) is 6.51. The monoisotopic (exact) mass is 458 g/mol. The van der Waals surface area contributed by atoms with E-state index in [1.807, 2.05) is 49.1 Å². The lowest BCUT2D eigenvalue weighted by atomic mass is 9.83. The van der Waals surface area contributed by atoms with Gasteiger partial charge in [-0.25, -0.2) is 4.98 Å². The molecule has 0 unspecified atom stereocenters. The van der Waals surface area contributed by atoms with Crippen molar-refractivity contribution in [3.05, 3.63) is 71.6 Å². The molecule has 8 nitrogen and oxygen atoms in total. The summed E-state index contributed by atoms with van der Waals surface area (Å²) in [6.07, 6.45) is 1.56. The maximum atomic E-state index is 13.6. The summed E-state index contributed by atoms with van der Waals surface area (Å²) in [5.74, 6) is 0.469. The van der Waals surface area contributed by atoms with Crippen molar-refractivity contribution in [3.8, 4) is 11.5 Å². The van der Waals surface area contributed by atoms with Crippen LogP contribution in [0.1, 0.15) is 35.5 Å². The van der Waals surface area contributed by atoms with Crippen molar-refractivity contribution in [2.75, 3.05) is 26.2 Å². The summed E-state index contributed by atoms with van der Waals surface area (Å²) in [5, 5.41) is 4.61. The molecular weight excluding hydrogens is 432 g/mol. The topological polar surface area (TPSA) is 92.7 Å². The predicted octanol–water partition coefficient (Wildman–Crippen LogP) is 4.05.